The van der Waals surface area contributed by atoms with Crippen LogP contribution < -0.4 is 9.04 Å². The third kappa shape index (κ3) is 4.32. The fourth-order valence-electron chi connectivity index (χ4n) is 2.71. The summed E-state index contributed by atoms with van der Waals surface area (Å²) in [5.74, 6) is -0.337. The number of rotatable bonds is 5. The SMILES string of the molecule is COc1ccc(N(C(=O)c2ccccc2Br)S(=O)(=O)c2ccc(C)cc2)cc1Cl. The standard InChI is InChI=1S/C21H17BrClNO4S/c1-14-7-10-16(11-8-14)29(26,27)24(15-9-12-20(28-2)19(23)13-15)21(25)17-5-3-4-6-18(17)22/h3-13H,1-2H3. The normalized spacial score (nSPS) is 11.2. The van der Waals surface area contributed by atoms with E-state index in [0.717, 1.165) is 9.87 Å². The van der Waals surface area contributed by atoms with Crippen molar-refractivity contribution in [3.05, 3.63) is 87.4 Å². The van der Waals surface area contributed by atoms with Crippen molar-refractivity contribution in [2.45, 2.75) is 11.8 Å². The Balaban J connectivity index is 2.21. The third-order valence-electron chi connectivity index (χ3n) is 4.22. The van der Waals surface area contributed by atoms with E-state index in [1.807, 2.05) is 6.92 Å². The molecule has 0 saturated carbocycles. The molecule has 0 radical (unpaired) electrons. The molecule has 0 aliphatic carbocycles. The first-order valence-electron chi connectivity index (χ1n) is 8.50. The van der Waals surface area contributed by atoms with Gasteiger partial charge in [0.1, 0.15) is 5.75 Å². The lowest BCUT2D eigenvalue weighted by Gasteiger charge is -2.24. The number of sulfonamides is 1. The number of aryl methyl sites for hydroxylation is 1. The van der Waals surface area contributed by atoms with E-state index in [1.165, 1.54) is 37.4 Å². The molecule has 0 spiro atoms. The van der Waals surface area contributed by atoms with Gasteiger partial charge >= 0.3 is 0 Å². The summed E-state index contributed by atoms with van der Waals surface area (Å²) in [5, 5.41) is 0.189. The minimum Gasteiger partial charge on any atom is -0.495 e. The van der Waals surface area contributed by atoms with E-state index in [2.05, 4.69) is 15.9 Å². The number of benzene rings is 3. The highest BCUT2D eigenvalue weighted by atomic mass is 79.9. The number of carbonyl (C=O) groups excluding carboxylic acids is 1. The zero-order valence-corrected chi connectivity index (χ0v) is 18.8. The van der Waals surface area contributed by atoms with Crippen molar-refractivity contribution in [1.29, 1.82) is 0 Å². The summed E-state index contributed by atoms with van der Waals surface area (Å²) in [6.07, 6.45) is 0. The van der Waals surface area contributed by atoms with Gasteiger partial charge in [0.25, 0.3) is 15.9 Å². The summed E-state index contributed by atoms with van der Waals surface area (Å²) >= 11 is 9.52. The molecule has 0 saturated heterocycles. The molecular weight excluding hydrogens is 478 g/mol. The van der Waals surface area contributed by atoms with E-state index in [1.54, 1.807) is 36.4 Å². The first-order chi connectivity index (χ1) is 13.8. The number of anilines is 1. The molecule has 0 heterocycles. The second-order valence-corrected chi connectivity index (χ2v) is 9.23. The molecule has 150 valence electrons. The maximum absolute atomic E-state index is 13.5. The Bertz CT molecular complexity index is 1160. The van der Waals surface area contributed by atoms with E-state index < -0.39 is 15.9 Å². The molecule has 0 aromatic heterocycles. The van der Waals surface area contributed by atoms with Crippen molar-refractivity contribution in [2.24, 2.45) is 0 Å². The molecule has 29 heavy (non-hydrogen) atoms. The molecular formula is C21H17BrClNO4S. The molecule has 8 heteroatoms. The smallest absolute Gasteiger partial charge is 0.273 e. The van der Waals surface area contributed by atoms with Gasteiger partial charge in [-0.1, -0.05) is 41.4 Å². The summed E-state index contributed by atoms with van der Waals surface area (Å²) in [7, 11) is -2.76. The van der Waals surface area contributed by atoms with Crippen LogP contribution in [-0.4, -0.2) is 21.4 Å². The van der Waals surface area contributed by atoms with Gasteiger partial charge in [0.2, 0.25) is 0 Å². The molecule has 3 aromatic carbocycles. The van der Waals surface area contributed by atoms with E-state index in [0.29, 0.717) is 10.2 Å². The summed E-state index contributed by atoms with van der Waals surface area (Å²) in [5.41, 5.74) is 1.22. The molecule has 3 aromatic rings. The predicted octanol–water partition coefficient (Wildman–Crippen LogP) is 5.46. The van der Waals surface area contributed by atoms with Gasteiger partial charge in [-0.2, -0.15) is 4.31 Å². The van der Waals surface area contributed by atoms with Gasteiger partial charge < -0.3 is 4.74 Å². The Morgan fingerprint density at radius 2 is 1.69 bits per heavy atom. The van der Waals surface area contributed by atoms with Crippen LogP contribution in [0.3, 0.4) is 0 Å². The second kappa shape index (κ2) is 8.57. The number of carbonyl (C=O) groups is 1. The summed E-state index contributed by atoms with van der Waals surface area (Å²) < 4.78 is 33.3. The minimum atomic E-state index is -4.21. The Labute approximate surface area is 183 Å². The van der Waals surface area contributed by atoms with Crippen molar-refractivity contribution in [3.63, 3.8) is 0 Å². The van der Waals surface area contributed by atoms with Crippen LogP contribution in [-0.2, 0) is 10.0 Å². The molecule has 0 N–H and O–H groups in total. The van der Waals surface area contributed by atoms with Crippen LogP contribution in [0.4, 0.5) is 5.69 Å². The van der Waals surface area contributed by atoms with Crippen LogP contribution in [0.2, 0.25) is 5.02 Å². The quantitative estimate of drug-likeness (QED) is 0.473. The molecule has 0 bridgehead atoms. The first kappa shape index (κ1) is 21.4. The van der Waals surface area contributed by atoms with Gasteiger partial charge in [0, 0.05) is 4.47 Å². The van der Waals surface area contributed by atoms with Crippen molar-refractivity contribution < 1.29 is 17.9 Å². The molecule has 5 nitrogen and oxygen atoms in total. The number of hydrogen-bond acceptors (Lipinski definition) is 4. The van der Waals surface area contributed by atoms with Crippen LogP contribution in [0.5, 0.6) is 5.75 Å². The Morgan fingerprint density at radius 3 is 2.28 bits per heavy atom. The molecule has 0 aliphatic heterocycles. The monoisotopic (exact) mass is 493 g/mol. The number of hydrogen-bond donors (Lipinski definition) is 0. The molecule has 1 amide bonds. The summed E-state index contributed by atoms with van der Waals surface area (Å²) in [6, 6.07) is 17.3. The Kier molecular flexibility index (Phi) is 6.31. The van der Waals surface area contributed by atoms with Gasteiger partial charge in [-0.3, -0.25) is 4.79 Å². The van der Waals surface area contributed by atoms with Gasteiger partial charge in [-0.25, -0.2) is 8.42 Å². The van der Waals surface area contributed by atoms with Gasteiger partial charge in [0.05, 0.1) is 28.3 Å². The molecule has 0 fully saturated rings. The van der Waals surface area contributed by atoms with Crippen molar-refractivity contribution in [1.82, 2.24) is 0 Å². The Morgan fingerprint density at radius 1 is 1.03 bits per heavy atom. The number of methoxy groups -OCH3 is 1. The topological polar surface area (TPSA) is 63.7 Å². The zero-order chi connectivity index (χ0) is 21.2. The minimum absolute atomic E-state index is 0.00422. The highest BCUT2D eigenvalue weighted by Gasteiger charge is 2.33. The van der Waals surface area contributed by atoms with Crippen LogP contribution in [0.25, 0.3) is 0 Å². The fraction of sp³-hybridized carbons (Fsp3) is 0.0952. The van der Waals surface area contributed by atoms with Gasteiger partial charge in [-0.15, -0.1) is 0 Å². The average molecular weight is 495 g/mol. The van der Waals surface area contributed by atoms with Crippen LogP contribution >= 0.6 is 27.5 Å². The Hall–Kier alpha value is -2.35. The lowest BCUT2D eigenvalue weighted by Crippen LogP contribution is -2.37. The fourth-order valence-corrected chi connectivity index (χ4v) is 4.81. The maximum atomic E-state index is 13.5. The summed E-state index contributed by atoms with van der Waals surface area (Å²) in [4.78, 5) is 13.4. The number of halogens is 2. The lowest BCUT2D eigenvalue weighted by atomic mass is 10.2. The highest BCUT2D eigenvalue weighted by molar-refractivity contribution is 9.10. The maximum Gasteiger partial charge on any atom is 0.273 e. The van der Waals surface area contributed by atoms with E-state index in [9.17, 15) is 13.2 Å². The van der Waals surface area contributed by atoms with Crippen molar-refractivity contribution >= 4 is 49.1 Å². The molecule has 0 unspecified atom stereocenters. The van der Waals surface area contributed by atoms with Crippen molar-refractivity contribution in [2.75, 3.05) is 11.4 Å². The number of amides is 1. The first-order valence-corrected chi connectivity index (χ1v) is 11.1. The van der Waals surface area contributed by atoms with Crippen molar-refractivity contribution in [3.8, 4) is 5.75 Å². The molecule has 0 atom stereocenters. The molecule has 0 aliphatic rings. The average Bonchev–Trinajstić information content (AvgIpc) is 2.68. The predicted molar refractivity (Wildman–Crippen MR) is 117 cm³/mol. The largest absolute Gasteiger partial charge is 0.495 e. The number of nitrogens with zero attached hydrogens (tertiary/aromatic N) is 1. The third-order valence-corrected chi connectivity index (χ3v) is 6.93. The number of ether oxygens (including phenoxy) is 1. The van der Waals surface area contributed by atoms with Crippen LogP contribution in [0, 0.1) is 6.92 Å². The second-order valence-electron chi connectivity index (χ2n) is 6.19. The van der Waals surface area contributed by atoms with Gasteiger partial charge in [-0.05, 0) is 65.3 Å². The van der Waals surface area contributed by atoms with E-state index >= 15 is 0 Å². The lowest BCUT2D eigenvalue weighted by molar-refractivity contribution is 0.100. The van der Waals surface area contributed by atoms with Crippen LogP contribution in [0.15, 0.2) is 76.1 Å². The van der Waals surface area contributed by atoms with Gasteiger partial charge in [0.15, 0.2) is 0 Å². The zero-order valence-electron chi connectivity index (χ0n) is 15.6. The summed E-state index contributed by atoms with van der Waals surface area (Å²) in [6.45, 7) is 1.85. The van der Waals surface area contributed by atoms with E-state index in [4.69, 9.17) is 16.3 Å². The molecule has 3 rings (SSSR count). The highest BCUT2D eigenvalue weighted by Crippen LogP contribution is 2.33. The van der Waals surface area contributed by atoms with E-state index in [-0.39, 0.29) is 21.2 Å². The van der Waals surface area contributed by atoms with Crippen LogP contribution in [0.1, 0.15) is 15.9 Å².